The Labute approximate surface area is 201 Å². The normalized spacial score (nSPS) is 18.2. The van der Waals surface area contributed by atoms with Crippen LogP contribution < -0.4 is 4.74 Å². The summed E-state index contributed by atoms with van der Waals surface area (Å²) < 4.78 is 33.8. The molecule has 1 fully saturated rings. The quantitative estimate of drug-likeness (QED) is 0.503. The number of ether oxygens (including phenoxy) is 1. The molecular formula is C24H30Cl2N2O3S. The van der Waals surface area contributed by atoms with E-state index >= 15 is 0 Å². The molecule has 0 spiro atoms. The Morgan fingerprint density at radius 2 is 1.59 bits per heavy atom. The highest BCUT2D eigenvalue weighted by molar-refractivity contribution is 7.89. The van der Waals surface area contributed by atoms with Gasteiger partial charge in [-0.15, -0.1) is 0 Å². The molecule has 2 aliphatic heterocycles. The zero-order valence-electron chi connectivity index (χ0n) is 18.2. The van der Waals surface area contributed by atoms with Crippen molar-refractivity contribution in [2.24, 2.45) is 0 Å². The van der Waals surface area contributed by atoms with Gasteiger partial charge in [0.2, 0.25) is 10.0 Å². The maximum atomic E-state index is 13.1. The van der Waals surface area contributed by atoms with Crippen molar-refractivity contribution >= 4 is 33.2 Å². The molecule has 0 aliphatic carbocycles. The number of hydrogen-bond donors (Lipinski definition) is 0. The molecule has 0 bridgehead atoms. The van der Waals surface area contributed by atoms with Crippen molar-refractivity contribution in [3.63, 3.8) is 0 Å². The van der Waals surface area contributed by atoms with Crippen LogP contribution in [-0.4, -0.2) is 57.0 Å². The molecule has 174 valence electrons. The number of likely N-dealkylation sites (tertiary alicyclic amines) is 1. The molecule has 1 saturated heterocycles. The van der Waals surface area contributed by atoms with Crippen molar-refractivity contribution in [3.8, 4) is 5.75 Å². The second-order valence-electron chi connectivity index (χ2n) is 8.51. The zero-order chi connectivity index (χ0) is 22.6. The standard InChI is InChI=1S/C24H30Cl2N2O3S/c25-23-8-7-22(18-24(23)26)32(29,30)28-14-9-19-5-6-21(17-20(19)10-15-28)31-16-4-13-27-11-2-1-3-12-27/h5-8,17-18H,1-4,9-16H2. The van der Waals surface area contributed by atoms with E-state index in [4.69, 9.17) is 27.9 Å². The van der Waals surface area contributed by atoms with Crippen molar-refractivity contribution < 1.29 is 13.2 Å². The molecular weight excluding hydrogens is 467 g/mol. The molecule has 2 aromatic carbocycles. The Morgan fingerprint density at radius 3 is 2.34 bits per heavy atom. The zero-order valence-corrected chi connectivity index (χ0v) is 20.6. The fraction of sp³-hybridized carbons (Fsp3) is 0.500. The number of piperidine rings is 1. The van der Waals surface area contributed by atoms with Gasteiger partial charge >= 0.3 is 0 Å². The van der Waals surface area contributed by atoms with E-state index in [0.29, 0.717) is 37.6 Å². The molecule has 0 amide bonds. The summed E-state index contributed by atoms with van der Waals surface area (Å²) in [7, 11) is -3.63. The molecule has 0 N–H and O–H groups in total. The molecule has 4 rings (SSSR count). The molecule has 8 heteroatoms. The van der Waals surface area contributed by atoms with Crippen LogP contribution in [-0.2, 0) is 22.9 Å². The number of nitrogens with zero attached hydrogens (tertiary/aromatic N) is 2. The lowest BCUT2D eigenvalue weighted by atomic mass is 10.0. The van der Waals surface area contributed by atoms with Crippen molar-refractivity contribution in [1.82, 2.24) is 9.21 Å². The van der Waals surface area contributed by atoms with Crippen LogP contribution in [0.2, 0.25) is 10.0 Å². The summed E-state index contributed by atoms with van der Waals surface area (Å²) in [5, 5.41) is 0.588. The van der Waals surface area contributed by atoms with Gasteiger partial charge < -0.3 is 9.64 Å². The highest BCUT2D eigenvalue weighted by Crippen LogP contribution is 2.29. The van der Waals surface area contributed by atoms with Crippen LogP contribution in [0.4, 0.5) is 0 Å². The van der Waals surface area contributed by atoms with Gasteiger partial charge in [0, 0.05) is 19.6 Å². The first kappa shape index (κ1) is 23.8. The van der Waals surface area contributed by atoms with Crippen LogP contribution >= 0.6 is 23.2 Å². The van der Waals surface area contributed by atoms with Gasteiger partial charge in [0.15, 0.2) is 0 Å². The Morgan fingerprint density at radius 1 is 0.844 bits per heavy atom. The molecule has 0 saturated carbocycles. The lowest BCUT2D eigenvalue weighted by molar-refractivity contribution is 0.205. The topological polar surface area (TPSA) is 49.9 Å². The number of halogens is 2. The molecule has 0 unspecified atom stereocenters. The van der Waals surface area contributed by atoms with Crippen LogP contribution in [0.1, 0.15) is 36.8 Å². The second-order valence-corrected chi connectivity index (χ2v) is 11.3. The minimum absolute atomic E-state index is 0.176. The van der Waals surface area contributed by atoms with Crippen molar-refractivity contribution in [2.45, 2.75) is 43.4 Å². The van der Waals surface area contributed by atoms with Gasteiger partial charge in [-0.05, 0) is 86.7 Å². The van der Waals surface area contributed by atoms with Gasteiger partial charge in [0.1, 0.15) is 5.75 Å². The maximum absolute atomic E-state index is 13.1. The Balaban J connectivity index is 1.35. The maximum Gasteiger partial charge on any atom is 0.243 e. The van der Waals surface area contributed by atoms with Gasteiger partial charge in [-0.25, -0.2) is 8.42 Å². The third-order valence-corrected chi connectivity index (χ3v) is 8.94. The van der Waals surface area contributed by atoms with Crippen LogP contribution in [0.25, 0.3) is 0 Å². The van der Waals surface area contributed by atoms with E-state index in [1.165, 1.54) is 60.4 Å². The highest BCUT2D eigenvalue weighted by atomic mass is 35.5. The molecule has 2 aliphatic rings. The summed E-state index contributed by atoms with van der Waals surface area (Å²) in [4.78, 5) is 2.70. The van der Waals surface area contributed by atoms with Crippen LogP contribution in [0.5, 0.6) is 5.75 Å². The molecule has 0 radical (unpaired) electrons. The van der Waals surface area contributed by atoms with E-state index in [2.05, 4.69) is 17.0 Å². The first-order valence-electron chi connectivity index (χ1n) is 11.4. The summed E-state index contributed by atoms with van der Waals surface area (Å²) in [5.41, 5.74) is 2.34. The number of benzene rings is 2. The van der Waals surface area contributed by atoms with Crippen LogP contribution in [0.3, 0.4) is 0 Å². The van der Waals surface area contributed by atoms with E-state index in [9.17, 15) is 8.42 Å². The van der Waals surface area contributed by atoms with Crippen molar-refractivity contribution in [2.75, 3.05) is 39.3 Å². The predicted molar refractivity (Wildman–Crippen MR) is 129 cm³/mol. The number of rotatable bonds is 7. The van der Waals surface area contributed by atoms with E-state index in [0.717, 1.165) is 24.3 Å². The minimum Gasteiger partial charge on any atom is -0.494 e. The number of sulfonamides is 1. The summed E-state index contributed by atoms with van der Waals surface area (Å²) in [5.74, 6) is 0.864. The average molecular weight is 497 g/mol. The summed E-state index contributed by atoms with van der Waals surface area (Å²) >= 11 is 12.0. The fourth-order valence-corrected chi connectivity index (χ4v) is 6.29. The molecule has 0 aromatic heterocycles. The molecule has 2 aromatic rings. The summed E-state index contributed by atoms with van der Waals surface area (Å²) in [6, 6.07) is 10.6. The largest absolute Gasteiger partial charge is 0.494 e. The smallest absolute Gasteiger partial charge is 0.243 e. The Kier molecular flexibility index (Phi) is 8.00. The summed E-state index contributed by atoms with van der Waals surface area (Å²) in [6.07, 6.45) is 6.32. The number of hydrogen-bond acceptors (Lipinski definition) is 4. The predicted octanol–water partition coefficient (Wildman–Crippen LogP) is 5.04. The van der Waals surface area contributed by atoms with Crippen LogP contribution in [0, 0.1) is 0 Å². The fourth-order valence-electron chi connectivity index (χ4n) is 4.46. The lowest BCUT2D eigenvalue weighted by Gasteiger charge is -2.26. The first-order chi connectivity index (χ1) is 15.4. The minimum atomic E-state index is -3.63. The summed E-state index contributed by atoms with van der Waals surface area (Å²) in [6.45, 7) is 5.07. The first-order valence-corrected chi connectivity index (χ1v) is 13.6. The third-order valence-electron chi connectivity index (χ3n) is 6.30. The van der Waals surface area contributed by atoms with Gasteiger partial charge in [0.25, 0.3) is 0 Å². The Hall–Kier alpha value is -1.31. The van der Waals surface area contributed by atoms with Gasteiger partial charge in [-0.1, -0.05) is 35.7 Å². The molecule has 32 heavy (non-hydrogen) atoms. The van der Waals surface area contributed by atoms with Gasteiger partial charge in [-0.3, -0.25) is 0 Å². The van der Waals surface area contributed by atoms with Gasteiger partial charge in [0.05, 0.1) is 21.5 Å². The van der Waals surface area contributed by atoms with Crippen LogP contribution in [0.15, 0.2) is 41.3 Å². The monoisotopic (exact) mass is 496 g/mol. The lowest BCUT2D eigenvalue weighted by Crippen LogP contribution is -2.33. The second kappa shape index (κ2) is 10.7. The average Bonchev–Trinajstić information content (AvgIpc) is 3.02. The number of fused-ring (bicyclic) bond motifs is 1. The molecule has 0 atom stereocenters. The SMILES string of the molecule is O=S(=O)(c1ccc(Cl)c(Cl)c1)N1CCc2ccc(OCCCN3CCCCC3)cc2CC1. The van der Waals surface area contributed by atoms with E-state index < -0.39 is 10.0 Å². The Bertz CT molecular complexity index is 1040. The molecule has 2 heterocycles. The van der Waals surface area contributed by atoms with E-state index in [1.54, 1.807) is 0 Å². The van der Waals surface area contributed by atoms with E-state index in [1.807, 2.05) is 6.07 Å². The van der Waals surface area contributed by atoms with E-state index in [-0.39, 0.29) is 9.92 Å². The third kappa shape index (κ3) is 5.78. The van der Waals surface area contributed by atoms with Crippen molar-refractivity contribution in [3.05, 3.63) is 57.6 Å². The van der Waals surface area contributed by atoms with Gasteiger partial charge in [-0.2, -0.15) is 4.31 Å². The molecule has 5 nitrogen and oxygen atoms in total. The highest BCUT2D eigenvalue weighted by Gasteiger charge is 2.27. The van der Waals surface area contributed by atoms with Crippen molar-refractivity contribution in [1.29, 1.82) is 0 Å².